The van der Waals surface area contributed by atoms with Gasteiger partial charge in [-0.2, -0.15) is 0 Å². The zero-order valence-electron chi connectivity index (χ0n) is 9.66. The van der Waals surface area contributed by atoms with Gasteiger partial charge in [0, 0.05) is 19.9 Å². The molecule has 1 heterocycles. The molecule has 0 aliphatic heterocycles. The lowest BCUT2D eigenvalue weighted by Crippen LogP contribution is -2.01. The van der Waals surface area contributed by atoms with Crippen LogP contribution >= 0.6 is 33.9 Å². The van der Waals surface area contributed by atoms with E-state index in [1.54, 1.807) is 0 Å². The van der Waals surface area contributed by atoms with Crippen molar-refractivity contribution in [2.24, 2.45) is 0 Å². The van der Waals surface area contributed by atoms with E-state index in [9.17, 15) is 0 Å². The van der Waals surface area contributed by atoms with Crippen molar-refractivity contribution in [2.75, 3.05) is 11.1 Å². The molecule has 1 aromatic carbocycles. The molecule has 2 nitrogen and oxygen atoms in total. The zero-order chi connectivity index (χ0) is 12.3. The first-order valence-electron chi connectivity index (χ1n) is 5.55. The van der Waals surface area contributed by atoms with Crippen LogP contribution < -0.4 is 11.1 Å². The maximum atomic E-state index is 5.95. The lowest BCUT2D eigenvalue weighted by Gasteiger charge is -2.08. The summed E-state index contributed by atoms with van der Waals surface area (Å²) in [6, 6.07) is 10.4. The average Bonchev–Trinajstić information content (AvgIpc) is 2.76. The van der Waals surface area contributed by atoms with Crippen molar-refractivity contribution < 1.29 is 0 Å². The van der Waals surface area contributed by atoms with Crippen LogP contribution in [0.25, 0.3) is 0 Å². The molecule has 0 amide bonds. The third-order valence-electron chi connectivity index (χ3n) is 2.53. The maximum Gasteiger partial charge on any atom is 0.0577 e. The van der Waals surface area contributed by atoms with Crippen LogP contribution in [0.5, 0.6) is 0 Å². The molecule has 2 rings (SSSR count). The number of hydrogen-bond acceptors (Lipinski definition) is 3. The highest BCUT2D eigenvalue weighted by molar-refractivity contribution is 14.1. The van der Waals surface area contributed by atoms with E-state index in [0.29, 0.717) is 0 Å². The third kappa shape index (κ3) is 3.35. The summed E-state index contributed by atoms with van der Waals surface area (Å²) in [5.74, 6) is 0. The van der Waals surface area contributed by atoms with Gasteiger partial charge in [0.25, 0.3) is 0 Å². The molecule has 90 valence electrons. The number of hydrogen-bond donors (Lipinski definition) is 2. The van der Waals surface area contributed by atoms with Crippen LogP contribution in [0.4, 0.5) is 11.4 Å². The van der Waals surface area contributed by atoms with E-state index < -0.39 is 0 Å². The monoisotopic (exact) mass is 358 g/mol. The molecule has 0 aliphatic carbocycles. The number of thiophene rings is 1. The molecular weight excluding hydrogens is 343 g/mol. The summed E-state index contributed by atoms with van der Waals surface area (Å²) in [5.41, 5.74) is 7.77. The Morgan fingerprint density at radius 2 is 2.00 bits per heavy atom. The van der Waals surface area contributed by atoms with Gasteiger partial charge in [0.15, 0.2) is 0 Å². The van der Waals surface area contributed by atoms with Crippen molar-refractivity contribution in [3.63, 3.8) is 0 Å². The number of nitrogens with one attached hydrogen (secondary N) is 1. The smallest absolute Gasteiger partial charge is 0.0577 e. The second-order valence-electron chi connectivity index (χ2n) is 3.81. The lowest BCUT2D eigenvalue weighted by molar-refractivity contribution is 1.19. The fraction of sp³-hybridized carbons (Fsp3) is 0.231. The number of nitrogens with two attached hydrogens (primary N) is 1. The van der Waals surface area contributed by atoms with E-state index in [1.165, 1.54) is 9.75 Å². The van der Waals surface area contributed by atoms with Gasteiger partial charge < -0.3 is 11.1 Å². The number of rotatable bonds is 4. The molecule has 0 saturated heterocycles. The van der Waals surface area contributed by atoms with E-state index in [4.69, 9.17) is 5.73 Å². The molecule has 2 aromatic rings. The summed E-state index contributed by atoms with van der Waals surface area (Å²) in [4.78, 5) is 2.78. The molecule has 0 bridgehead atoms. The molecule has 0 spiro atoms. The second kappa shape index (κ2) is 5.73. The van der Waals surface area contributed by atoms with Gasteiger partial charge in [0.05, 0.1) is 11.4 Å². The van der Waals surface area contributed by atoms with Crippen LogP contribution in [-0.4, -0.2) is 0 Å². The number of benzene rings is 1. The van der Waals surface area contributed by atoms with Crippen LogP contribution in [0.3, 0.4) is 0 Å². The van der Waals surface area contributed by atoms with Crippen molar-refractivity contribution in [1.29, 1.82) is 0 Å². The number of anilines is 2. The van der Waals surface area contributed by atoms with Gasteiger partial charge in [-0.25, -0.2) is 0 Å². The molecule has 3 N–H and O–H groups in total. The molecule has 0 atom stereocenters. The van der Waals surface area contributed by atoms with E-state index in [1.807, 2.05) is 23.5 Å². The first kappa shape index (κ1) is 12.7. The average molecular weight is 358 g/mol. The minimum absolute atomic E-state index is 0.809. The van der Waals surface area contributed by atoms with Crippen molar-refractivity contribution in [2.45, 2.75) is 19.9 Å². The van der Waals surface area contributed by atoms with Crippen molar-refractivity contribution in [1.82, 2.24) is 0 Å². The van der Waals surface area contributed by atoms with E-state index in [2.05, 4.69) is 53.0 Å². The molecular formula is C13H15IN2S. The van der Waals surface area contributed by atoms with Crippen LogP contribution in [-0.2, 0) is 13.0 Å². The van der Waals surface area contributed by atoms with Crippen molar-refractivity contribution in [3.8, 4) is 0 Å². The summed E-state index contributed by atoms with van der Waals surface area (Å²) in [5, 5.41) is 3.38. The summed E-state index contributed by atoms with van der Waals surface area (Å²) >= 11 is 4.12. The Hall–Kier alpha value is -0.750. The van der Waals surface area contributed by atoms with Gasteiger partial charge in [-0.05, 0) is 59.3 Å². The predicted molar refractivity (Wildman–Crippen MR) is 84.6 cm³/mol. The molecule has 4 heteroatoms. The van der Waals surface area contributed by atoms with Gasteiger partial charge in [0.2, 0.25) is 0 Å². The van der Waals surface area contributed by atoms with Crippen LogP contribution in [0, 0.1) is 3.57 Å². The molecule has 0 fully saturated rings. The fourth-order valence-electron chi connectivity index (χ4n) is 1.58. The van der Waals surface area contributed by atoms with Crippen LogP contribution in [0.2, 0.25) is 0 Å². The summed E-state index contributed by atoms with van der Waals surface area (Å²) < 4.78 is 1.16. The van der Waals surface area contributed by atoms with E-state index in [0.717, 1.165) is 27.9 Å². The van der Waals surface area contributed by atoms with Gasteiger partial charge in [-0.15, -0.1) is 11.3 Å². The van der Waals surface area contributed by atoms with Crippen LogP contribution in [0.15, 0.2) is 30.3 Å². The normalized spacial score (nSPS) is 10.5. The van der Waals surface area contributed by atoms with Crippen molar-refractivity contribution >= 4 is 45.3 Å². The highest BCUT2D eigenvalue weighted by atomic mass is 127. The highest BCUT2D eigenvalue weighted by Gasteiger charge is 2.01. The second-order valence-corrected chi connectivity index (χ2v) is 6.31. The number of aryl methyl sites for hydroxylation is 1. The fourth-order valence-corrected chi connectivity index (χ4v) is 3.00. The minimum Gasteiger partial charge on any atom is -0.397 e. The SMILES string of the molecule is CCc1ccc(CNc2ccc(I)cc2N)s1. The number of nitrogen functional groups attached to an aromatic ring is 1. The Labute approximate surface area is 119 Å². The summed E-state index contributed by atoms with van der Waals surface area (Å²) in [6.45, 7) is 3.02. The Morgan fingerprint density at radius 3 is 2.65 bits per heavy atom. The standard InChI is InChI=1S/C13H15IN2S/c1-2-10-4-5-11(17-10)8-16-13-6-3-9(14)7-12(13)15/h3-7,16H,2,8,15H2,1H3. The third-order valence-corrected chi connectivity index (χ3v) is 4.43. The van der Waals surface area contributed by atoms with Crippen molar-refractivity contribution in [3.05, 3.63) is 43.7 Å². The number of halogens is 1. The lowest BCUT2D eigenvalue weighted by atomic mass is 10.2. The summed E-state index contributed by atoms with van der Waals surface area (Å²) in [7, 11) is 0. The van der Waals surface area contributed by atoms with Crippen LogP contribution in [0.1, 0.15) is 16.7 Å². The Balaban J connectivity index is 2.02. The Morgan fingerprint density at radius 1 is 1.24 bits per heavy atom. The quantitative estimate of drug-likeness (QED) is 0.638. The first-order chi connectivity index (χ1) is 8.19. The Kier molecular flexibility index (Phi) is 4.28. The van der Waals surface area contributed by atoms with Gasteiger partial charge in [-0.1, -0.05) is 6.92 Å². The first-order valence-corrected chi connectivity index (χ1v) is 7.45. The Bertz CT molecular complexity index is 508. The molecule has 0 unspecified atom stereocenters. The zero-order valence-corrected chi connectivity index (χ0v) is 12.6. The minimum atomic E-state index is 0.809. The van der Waals surface area contributed by atoms with Gasteiger partial charge in [0.1, 0.15) is 0 Å². The molecule has 0 radical (unpaired) electrons. The van der Waals surface area contributed by atoms with E-state index in [-0.39, 0.29) is 0 Å². The summed E-state index contributed by atoms with van der Waals surface area (Å²) in [6.07, 6.45) is 1.11. The maximum absolute atomic E-state index is 5.95. The topological polar surface area (TPSA) is 38.0 Å². The largest absolute Gasteiger partial charge is 0.397 e. The highest BCUT2D eigenvalue weighted by Crippen LogP contribution is 2.23. The molecule has 0 aliphatic rings. The molecule has 0 saturated carbocycles. The molecule has 17 heavy (non-hydrogen) atoms. The predicted octanol–water partition coefficient (Wildman–Crippen LogP) is 4.11. The van der Waals surface area contributed by atoms with E-state index >= 15 is 0 Å². The van der Waals surface area contributed by atoms with Gasteiger partial charge in [-0.3, -0.25) is 0 Å². The molecule has 1 aromatic heterocycles. The van der Waals surface area contributed by atoms with Gasteiger partial charge >= 0.3 is 0 Å².